The largest absolute Gasteiger partial charge is 0.504 e. The first kappa shape index (κ1) is 19.1. The summed E-state index contributed by atoms with van der Waals surface area (Å²) in [5.41, 5.74) is 2.44. The molecule has 1 saturated heterocycles. The van der Waals surface area contributed by atoms with E-state index in [4.69, 9.17) is 4.74 Å². The molecule has 1 fully saturated rings. The van der Waals surface area contributed by atoms with Crippen LogP contribution in [0.2, 0.25) is 0 Å². The fourth-order valence-electron chi connectivity index (χ4n) is 3.60. The van der Waals surface area contributed by atoms with Crippen LogP contribution in [-0.4, -0.2) is 32.4 Å². The number of carbonyl (C=O) groups excluding carboxylic acids is 1. The minimum atomic E-state index is -4.66. The second-order valence-electron chi connectivity index (χ2n) is 6.94. The maximum absolute atomic E-state index is 15.0. The number of cyclic esters (lactones) is 1. The zero-order valence-corrected chi connectivity index (χ0v) is 15.6. The van der Waals surface area contributed by atoms with E-state index in [2.05, 4.69) is 15.1 Å². The third kappa shape index (κ3) is 3.27. The first-order valence-electron chi connectivity index (χ1n) is 9.12. The SMILES string of the molecule is O=C1OC[C@H](c2ccc(-c3cnn(C(F)(F)F)c3)cc2F)N1c1ccc2nc[nH]c2c1. The molecule has 0 spiro atoms. The molecule has 1 aliphatic rings. The summed E-state index contributed by atoms with van der Waals surface area (Å²) in [6.45, 7) is -0.0673. The Kier molecular flexibility index (Phi) is 4.20. The normalized spacial score (nSPS) is 16.8. The number of halogens is 4. The van der Waals surface area contributed by atoms with Gasteiger partial charge in [0.25, 0.3) is 0 Å². The Morgan fingerprint density at radius 1 is 1.13 bits per heavy atom. The summed E-state index contributed by atoms with van der Waals surface area (Å²) >= 11 is 0. The van der Waals surface area contributed by atoms with Gasteiger partial charge in [-0.05, 0) is 29.8 Å². The van der Waals surface area contributed by atoms with Gasteiger partial charge in [0.15, 0.2) is 0 Å². The number of hydrogen-bond donors (Lipinski definition) is 1. The van der Waals surface area contributed by atoms with Gasteiger partial charge in [-0.1, -0.05) is 12.1 Å². The number of ether oxygens (including phenoxy) is 1. The Balaban J connectivity index is 1.48. The van der Waals surface area contributed by atoms with Gasteiger partial charge in [0, 0.05) is 17.3 Å². The summed E-state index contributed by atoms with van der Waals surface area (Å²) in [5, 5.41) is 3.26. The predicted molar refractivity (Wildman–Crippen MR) is 102 cm³/mol. The molecule has 3 heterocycles. The van der Waals surface area contributed by atoms with Crippen molar-refractivity contribution in [1.29, 1.82) is 0 Å². The molecular formula is C20H13F4N5O2. The van der Waals surface area contributed by atoms with Crippen LogP contribution in [0.5, 0.6) is 0 Å². The second kappa shape index (κ2) is 6.83. The zero-order chi connectivity index (χ0) is 21.8. The smallest absolute Gasteiger partial charge is 0.447 e. The van der Waals surface area contributed by atoms with Crippen molar-refractivity contribution >= 4 is 22.8 Å². The number of H-pyrrole nitrogens is 1. The number of fused-ring (bicyclic) bond motifs is 1. The van der Waals surface area contributed by atoms with Crippen molar-refractivity contribution in [1.82, 2.24) is 19.7 Å². The lowest BCUT2D eigenvalue weighted by atomic mass is 10.0. The van der Waals surface area contributed by atoms with Crippen molar-refractivity contribution in [2.45, 2.75) is 12.3 Å². The molecule has 4 aromatic rings. The number of imidazole rings is 1. The van der Waals surface area contributed by atoms with Gasteiger partial charge < -0.3 is 9.72 Å². The number of alkyl halides is 3. The van der Waals surface area contributed by atoms with Crippen LogP contribution >= 0.6 is 0 Å². The first-order chi connectivity index (χ1) is 14.8. The van der Waals surface area contributed by atoms with Crippen molar-refractivity contribution < 1.29 is 27.1 Å². The van der Waals surface area contributed by atoms with Gasteiger partial charge >= 0.3 is 12.4 Å². The molecule has 158 valence electrons. The average Bonchev–Trinajstić information content (AvgIpc) is 3.46. The van der Waals surface area contributed by atoms with Crippen LogP contribution in [0.4, 0.5) is 28.0 Å². The van der Waals surface area contributed by atoms with Gasteiger partial charge in [-0.15, -0.1) is 13.2 Å². The second-order valence-corrected chi connectivity index (χ2v) is 6.94. The summed E-state index contributed by atoms with van der Waals surface area (Å²) in [7, 11) is 0. The highest BCUT2D eigenvalue weighted by molar-refractivity contribution is 5.93. The number of benzene rings is 2. The molecule has 7 nitrogen and oxygen atoms in total. The maximum atomic E-state index is 15.0. The first-order valence-corrected chi connectivity index (χ1v) is 9.12. The number of amides is 1. The maximum Gasteiger partial charge on any atom is 0.504 e. The monoisotopic (exact) mass is 431 g/mol. The molecule has 2 aromatic heterocycles. The fraction of sp³-hybridized carbons (Fsp3) is 0.150. The van der Waals surface area contributed by atoms with E-state index in [0.717, 1.165) is 18.5 Å². The number of carbonyl (C=O) groups is 1. The van der Waals surface area contributed by atoms with Gasteiger partial charge in [0.05, 0.1) is 29.2 Å². The molecule has 2 aromatic carbocycles. The van der Waals surface area contributed by atoms with Gasteiger partial charge in [0.2, 0.25) is 0 Å². The van der Waals surface area contributed by atoms with E-state index in [1.165, 1.54) is 23.4 Å². The summed E-state index contributed by atoms with van der Waals surface area (Å²) in [4.78, 5) is 20.8. The van der Waals surface area contributed by atoms with Gasteiger partial charge in [-0.25, -0.2) is 14.2 Å². The van der Waals surface area contributed by atoms with Crippen molar-refractivity contribution in [2.24, 2.45) is 0 Å². The molecular weight excluding hydrogens is 418 g/mol. The minimum Gasteiger partial charge on any atom is -0.447 e. The lowest BCUT2D eigenvalue weighted by Gasteiger charge is -2.22. The van der Waals surface area contributed by atoms with E-state index in [-0.39, 0.29) is 28.0 Å². The van der Waals surface area contributed by atoms with E-state index >= 15 is 0 Å². The lowest BCUT2D eigenvalue weighted by Crippen LogP contribution is -2.27. The highest BCUT2D eigenvalue weighted by atomic mass is 19.4. The number of aromatic nitrogens is 4. The van der Waals surface area contributed by atoms with Crippen LogP contribution < -0.4 is 4.90 Å². The van der Waals surface area contributed by atoms with E-state index in [0.29, 0.717) is 16.7 Å². The number of rotatable bonds is 3. The average molecular weight is 431 g/mol. The number of anilines is 1. The Labute approximate surface area is 171 Å². The van der Waals surface area contributed by atoms with Crippen LogP contribution in [0, 0.1) is 5.82 Å². The van der Waals surface area contributed by atoms with E-state index in [1.54, 1.807) is 18.2 Å². The molecule has 0 bridgehead atoms. The standard InChI is InChI=1S/C20H13F4N5O2/c21-15-5-11(12-7-27-28(8-12)20(22,23)24)1-3-14(15)18-9-31-19(30)29(18)13-2-4-16-17(6-13)26-10-25-16/h1-8,10,18H,9H2,(H,25,26)/t18-/m1/s1. The molecule has 1 amide bonds. The molecule has 31 heavy (non-hydrogen) atoms. The van der Waals surface area contributed by atoms with Crippen LogP contribution in [-0.2, 0) is 11.0 Å². The molecule has 1 aliphatic heterocycles. The third-order valence-corrected chi connectivity index (χ3v) is 5.09. The van der Waals surface area contributed by atoms with E-state index < -0.39 is 24.3 Å². The van der Waals surface area contributed by atoms with Crippen LogP contribution in [0.3, 0.4) is 0 Å². The predicted octanol–water partition coefficient (Wildman–Crippen LogP) is 4.74. The zero-order valence-electron chi connectivity index (χ0n) is 15.6. The quantitative estimate of drug-likeness (QED) is 0.476. The van der Waals surface area contributed by atoms with Gasteiger partial charge in [-0.2, -0.15) is 9.78 Å². The molecule has 0 unspecified atom stereocenters. The summed E-state index contributed by atoms with van der Waals surface area (Å²) in [6, 6.07) is 8.41. The number of nitrogens with zero attached hydrogens (tertiary/aromatic N) is 4. The molecule has 0 radical (unpaired) electrons. The summed E-state index contributed by atoms with van der Waals surface area (Å²) in [6.07, 6.45) is -1.97. The topological polar surface area (TPSA) is 76.0 Å². The Morgan fingerprint density at radius 2 is 1.97 bits per heavy atom. The summed E-state index contributed by atoms with van der Waals surface area (Å²) in [5.74, 6) is -0.673. The van der Waals surface area contributed by atoms with Crippen molar-refractivity contribution in [3.8, 4) is 11.1 Å². The Hall–Kier alpha value is -3.89. The molecule has 11 heteroatoms. The summed E-state index contributed by atoms with van der Waals surface area (Å²) < 4.78 is 58.2. The Morgan fingerprint density at radius 3 is 2.71 bits per heavy atom. The number of nitrogens with one attached hydrogen (secondary N) is 1. The molecule has 1 atom stereocenters. The lowest BCUT2D eigenvalue weighted by molar-refractivity contribution is -0.212. The van der Waals surface area contributed by atoms with Crippen molar-refractivity contribution in [2.75, 3.05) is 11.5 Å². The molecule has 1 N–H and O–H groups in total. The van der Waals surface area contributed by atoms with Gasteiger partial charge in [0.1, 0.15) is 18.5 Å². The van der Waals surface area contributed by atoms with Crippen LogP contribution in [0.15, 0.2) is 55.1 Å². The third-order valence-electron chi connectivity index (χ3n) is 5.09. The highest BCUT2D eigenvalue weighted by Gasteiger charge is 2.37. The number of aromatic amines is 1. The van der Waals surface area contributed by atoms with Crippen molar-refractivity contribution in [3.05, 3.63) is 66.5 Å². The van der Waals surface area contributed by atoms with Crippen molar-refractivity contribution in [3.63, 3.8) is 0 Å². The van der Waals surface area contributed by atoms with Gasteiger partial charge in [-0.3, -0.25) is 4.90 Å². The van der Waals surface area contributed by atoms with Crippen LogP contribution in [0.1, 0.15) is 11.6 Å². The van der Waals surface area contributed by atoms with E-state index in [9.17, 15) is 22.4 Å². The number of hydrogen-bond acceptors (Lipinski definition) is 4. The molecule has 0 aliphatic carbocycles. The van der Waals surface area contributed by atoms with Crippen LogP contribution in [0.25, 0.3) is 22.2 Å². The molecule has 0 saturated carbocycles. The fourth-order valence-corrected chi connectivity index (χ4v) is 3.60. The minimum absolute atomic E-state index is 0.0673. The Bertz CT molecular complexity index is 1300. The van der Waals surface area contributed by atoms with E-state index in [1.807, 2.05) is 0 Å². The molecule has 5 rings (SSSR count). The highest BCUT2D eigenvalue weighted by Crippen LogP contribution is 2.36.